The Morgan fingerprint density at radius 3 is 2.06 bits per heavy atom. The second-order valence-electron chi connectivity index (χ2n) is 7.78. The Morgan fingerprint density at radius 2 is 1.46 bits per heavy atom. The molecule has 12 heteroatoms. The van der Waals surface area contributed by atoms with Gasteiger partial charge in [0.15, 0.2) is 5.13 Å². The lowest BCUT2D eigenvalue weighted by atomic mass is 9.98. The smallest absolute Gasteiger partial charge is 0.335 e. The highest BCUT2D eigenvalue weighted by Gasteiger charge is 2.24. The van der Waals surface area contributed by atoms with Gasteiger partial charge in [-0.05, 0) is 49.2 Å². The van der Waals surface area contributed by atoms with Crippen LogP contribution in [0.25, 0.3) is 0 Å². The molecule has 2 aromatic carbocycles. The average Bonchev–Trinajstić information content (AvgIpc) is 3.20. The summed E-state index contributed by atoms with van der Waals surface area (Å²) >= 11 is 1.31. The van der Waals surface area contributed by atoms with Gasteiger partial charge in [-0.25, -0.2) is 24.2 Å². The number of aryl methyl sites for hydroxylation is 1. The lowest BCUT2D eigenvalue weighted by Crippen LogP contribution is -2.41. The summed E-state index contributed by atoms with van der Waals surface area (Å²) in [7, 11) is 0. The summed E-state index contributed by atoms with van der Waals surface area (Å²) < 4.78 is 0. The average molecular weight is 496 g/mol. The van der Waals surface area contributed by atoms with Gasteiger partial charge in [0.2, 0.25) is 0 Å². The molecule has 0 radical (unpaired) electrons. The molecule has 6 N–H and O–H groups in total. The third-order valence-electron chi connectivity index (χ3n) is 5.23. The van der Waals surface area contributed by atoms with Crippen LogP contribution in [0.3, 0.4) is 0 Å². The van der Waals surface area contributed by atoms with Gasteiger partial charge in [0.1, 0.15) is 0 Å². The Hall–Kier alpha value is -4.45. The fourth-order valence-corrected chi connectivity index (χ4v) is 4.71. The van der Waals surface area contributed by atoms with Gasteiger partial charge in [0, 0.05) is 28.7 Å². The Bertz CT molecular complexity index is 1310. The Kier molecular flexibility index (Phi) is 6.92. The molecule has 1 aliphatic carbocycles. The molecule has 11 nitrogen and oxygen atoms in total. The number of rotatable bonds is 6. The maximum absolute atomic E-state index is 12.4. The molecule has 0 aliphatic heterocycles. The first-order valence-corrected chi connectivity index (χ1v) is 11.4. The summed E-state index contributed by atoms with van der Waals surface area (Å²) in [6.07, 6.45) is 1.82. The highest BCUT2D eigenvalue weighted by molar-refractivity contribution is 7.15. The molecule has 180 valence electrons. The minimum atomic E-state index is -1.09. The van der Waals surface area contributed by atoms with Crippen LogP contribution in [0, 0.1) is 0 Å². The van der Waals surface area contributed by atoms with Gasteiger partial charge in [-0.2, -0.15) is 0 Å². The van der Waals surface area contributed by atoms with Crippen molar-refractivity contribution in [3.63, 3.8) is 0 Å². The standard InChI is InChI=1S/C23H21N5O6S/c29-19(30)12-3-1-5-14(9-12)24-21(33)26-16-7-8-17-18(11-16)35-23(27-17)28-22(34)25-15-6-2-4-13(10-15)20(31)32/h1-6,9-10,16H,7-8,11H2,(H,29,30)(H,31,32)(H2,24,26,33)(H2,25,27,28,34). The molecule has 1 unspecified atom stereocenters. The number of carboxylic acids is 2. The summed E-state index contributed by atoms with van der Waals surface area (Å²) in [6, 6.07) is 10.7. The fraction of sp³-hybridized carbons (Fsp3) is 0.174. The molecule has 1 atom stereocenters. The van der Waals surface area contributed by atoms with Gasteiger partial charge in [0.05, 0.1) is 16.8 Å². The number of carbonyl (C=O) groups is 4. The van der Waals surface area contributed by atoms with Crippen LogP contribution in [0.1, 0.15) is 37.7 Å². The monoisotopic (exact) mass is 495 g/mol. The number of benzene rings is 2. The SMILES string of the molecule is O=C(Nc1cccc(C(=O)O)c1)Nc1nc2c(s1)CC(NC(=O)Nc1cccc(C(=O)O)c1)CC2. The summed E-state index contributed by atoms with van der Waals surface area (Å²) in [5, 5.41) is 29.3. The number of aromatic carboxylic acids is 2. The lowest BCUT2D eigenvalue weighted by Gasteiger charge is -2.22. The van der Waals surface area contributed by atoms with Crippen molar-refractivity contribution in [1.82, 2.24) is 10.3 Å². The summed E-state index contributed by atoms with van der Waals surface area (Å²) in [6.45, 7) is 0. The van der Waals surface area contributed by atoms with E-state index in [0.29, 0.717) is 35.8 Å². The van der Waals surface area contributed by atoms with Gasteiger partial charge >= 0.3 is 24.0 Å². The van der Waals surface area contributed by atoms with Gasteiger partial charge in [-0.3, -0.25) is 5.32 Å². The quantitative estimate of drug-likeness (QED) is 0.301. The number of amides is 4. The van der Waals surface area contributed by atoms with Crippen molar-refractivity contribution in [2.75, 3.05) is 16.0 Å². The predicted molar refractivity (Wildman–Crippen MR) is 130 cm³/mol. The number of carboxylic acid groups (broad SMARTS) is 2. The van der Waals surface area contributed by atoms with Crippen molar-refractivity contribution in [2.45, 2.75) is 25.3 Å². The maximum atomic E-state index is 12.4. The van der Waals surface area contributed by atoms with Crippen LogP contribution in [0.2, 0.25) is 0 Å². The second kappa shape index (κ2) is 10.2. The topological polar surface area (TPSA) is 170 Å². The van der Waals surface area contributed by atoms with Crippen molar-refractivity contribution < 1.29 is 29.4 Å². The van der Waals surface area contributed by atoms with Gasteiger partial charge in [-0.1, -0.05) is 12.1 Å². The molecule has 0 saturated heterocycles. The highest BCUT2D eigenvalue weighted by atomic mass is 32.1. The van der Waals surface area contributed by atoms with E-state index in [9.17, 15) is 19.2 Å². The number of aromatic nitrogens is 1. The minimum Gasteiger partial charge on any atom is -0.478 e. The first-order valence-electron chi connectivity index (χ1n) is 10.6. The summed E-state index contributed by atoms with van der Waals surface area (Å²) in [4.78, 5) is 52.3. The summed E-state index contributed by atoms with van der Waals surface area (Å²) in [5.74, 6) is -2.17. The van der Waals surface area contributed by atoms with Crippen LogP contribution < -0.4 is 21.3 Å². The molecule has 0 spiro atoms. The van der Waals surface area contributed by atoms with Crippen LogP contribution in [0.5, 0.6) is 0 Å². The number of hydrogen-bond donors (Lipinski definition) is 6. The predicted octanol–water partition coefficient (Wildman–Crippen LogP) is 3.86. The molecular weight excluding hydrogens is 474 g/mol. The van der Waals surface area contributed by atoms with Crippen molar-refractivity contribution in [3.8, 4) is 0 Å². The molecule has 1 heterocycles. The molecular formula is C23H21N5O6S. The molecule has 3 aromatic rings. The van der Waals surface area contributed by atoms with Crippen molar-refractivity contribution in [1.29, 1.82) is 0 Å². The Labute approximate surface area is 203 Å². The zero-order valence-electron chi connectivity index (χ0n) is 18.2. The van der Waals surface area contributed by atoms with Gasteiger partial charge in [0.25, 0.3) is 0 Å². The van der Waals surface area contributed by atoms with E-state index < -0.39 is 24.0 Å². The van der Waals surface area contributed by atoms with Gasteiger partial charge < -0.3 is 26.2 Å². The molecule has 4 rings (SSSR count). The zero-order chi connectivity index (χ0) is 24.9. The van der Waals surface area contributed by atoms with Crippen LogP contribution in [-0.4, -0.2) is 45.2 Å². The van der Waals surface area contributed by atoms with Crippen molar-refractivity contribution in [3.05, 3.63) is 70.2 Å². The van der Waals surface area contributed by atoms with Crippen LogP contribution in [0.4, 0.5) is 26.1 Å². The first-order chi connectivity index (χ1) is 16.8. The molecule has 0 saturated carbocycles. The van der Waals surface area contributed by atoms with Crippen molar-refractivity contribution >= 4 is 51.8 Å². The number of nitrogens with zero attached hydrogens (tertiary/aromatic N) is 1. The normalized spacial score (nSPS) is 14.3. The third kappa shape index (κ3) is 6.12. The van der Waals surface area contributed by atoms with E-state index in [4.69, 9.17) is 10.2 Å². The van der Waals surface area contributed by atoms with E-state index in [-0.39, 0.29) is 17.2 Å². The maximum Gasteiger partial charge on any atom is 0.335 e. The minimum absolute atomic E-state index is 0.0599. The van der Waals surface area contributed by atoms with E-state index in [1.54, 1.807) is 18.2 Å². The molecule has 0 fully saturated rings. The van der Waals surface area contributed by atoms with E-state index in [1.807, 2.05) is 0 Å². The van der Waals surface area contributed by atoms with E-state index in [1.165, 1.54) is 41.7 Å². The number of thiazole rings is 1. The molecule has 35 heavy (non-hydrogen) atoms. The second-order valence-corrected chi connectivity index (χ2v) is 8.86. The van der Waals surface area contributed by atoms with E-state index in [0.717, 1.165) is 10.6 Å². The zero-order valence-corrected chi connectivity index (χ0v) is 19.0. The van der Waals surface area contributed by atoms with Crippen molar-refractivity contribution in [2.24, 2.45) is 0 Å². The first kappa shape index (κ1) is 23.7. The molecule has 4 amide bonds. The largest absolute Gasteiger partial charge is 0.478 e. The van der Waals surface area contributed by atoms with E-state index >= 15 is 0 Å². The van der Waals surface area contributed by atoms with E-state index in [2.05, 4.69) is 26.3 Å². The van der Waals surface area contributed by atoms with Crippen LogP contribution in [0.15, 0.2) is 48.5 Å². The number of hydrogen-bond acceptors (Lipinski definition) is 6. The number of fused-ring (bicyclic) bond motifs is 1. The number of carbonyl (C=O) groups excluding carboxylic acids is 2. The highest BCUT2D eigenvalue weighted by Crippen LogP contribution is 2.30. The number of urea groups is 2. The number of anilines is 3. The Morgan fingerprint density at radius 1 is 0.857 bits per heavy atom. The van der Waals surface area contributed by atoms with Gasteiger partial charge in [-0.15, -0.1) is 11.3 Å². The van der Waals surface area contributed by atoms with Crippen LogP contribution >= 0.6 is 11.3 Å². The Balaban J connectivity index is 1.32. The number of nitrogens with one attached hydrogen (secondary N) is 4. The van der Waals surface area contributed by atoms with Crippen LogP contribution in [-0.2, 0) is 12.8 Å². The molecule has 1 aromatic heterocycles. The summed E-state index contributed by atoms with van der Waals surface area (Å²) in [5.41, 5.74) is 1.71. The third-order valence-corrected chi connectivity index (χ3v) is 6.27. The molecule has 1 aliphatic rings. The lowest BCUT2D eigenvalue weighted by molar-refractivity contribution is 0.0686. The fourth-order valence-electron chi connectivity index (χ4n) is 3.62. The molecule has 0 bridgehead atoms.